The highest BCUT2D eigenvalue weighted by molar-refractivity contribution is 6.01. The van der Waals surface area contributed by atoms with Crippen LogP contribution in [0.15, 0.2) is 6.07 Å². The highest BCUT2D eigenvalue weighted by Crippen LogP contribution is 2.26. The summed E-state index contributed by atoms with van der Waals surface area (Å²) in [6.45, 7) is 13.3. The molecule has 0 spiro atoms. The molecule has 0 fully saturated rings. The van der Waals surface area contributed by atoms with Crippen LogP contribution in [0, 0.1) is 39.5 Å². The molecule has 19 heavy (non-hydrogen) atoms. The summed E-state index contributed by atoms with van der Waals surface area (Å²) in [5.74, 6) is 0.675. The lowest BCUT2D eigenvalue weighted by Crippen LogP contribution is -2.31. The molecule has 0 aliphatic heterocycles. The summed E-state index contributed by atoms with van der Waals surface area (Å²) in [5, 5.41) is 3.15. The third kappa shape index (κ3) is 3.24. The van der Waals surface area contributed by atoms with E-state index in [0.717, 1.165) is 23.2 Å². The summed E-state index contributed by atoms with van der Waals surface area (Å²) in [6, 6.07) is 2.17. The van der Waals surface area contributed by atoms with Crippen LogP contribution >= 0.6 is 0 Å². The fourth-order valence-electron chi connectivity index (χ4n) is 2.62. The predicted octanol–water partition coefficient (Wildman–Crippen LogP) is 3.59. The van der Waals surface area contributed by atoms with E-state index < -0.39 is 0 Å². The minimum atomic E-state index is 0.0450. The summed E-state index contributed by atoms with van der Waals surface area (Å²) in [4.78, 5) is 12.9. The molecule has 0 amide bonds. The first kappa shape index (κ1) is 15.9. The van der Waals surface area contributed by atoms with E-state index in [4.69, 9.17) is 0 Å². The number of carbonyl (C=O) groups excluding carboxylic acids is 1. The SMILES string of the molecule is CNCC(C(=O)c1c(C)c(C)cc(C)c1C)C(C)C. The third-order valence-corrected chi connectivity index (χ3v) is 4.18. The molecule has 0 saturated heterocycles. The topological polar surface area (TPSA) is 29.1 Å². The molecule has 2 heteroatoms. The van der Waals surface area contributed by atoms with Gasteiger partial charge in [0, 0.05) is 18.0 Å². The average molecular weight is 261 g/mol. The standard InChI is InChI=1S/C17H27NO/c1-10(2)15(9-18-7)17(19)16-13(5)11(3)8-12(4)14(16)6/h8,10,15,18H,9H2,1-7H3. The van der Waals surface area contributed by atoms with Crippen LogP contribution in [0.3, 0.4) is 0 Å². The zero-order valence-electron chi connectivity index (χ0n) is 13.3. The summed E-state index contributed by atoms with van der Waals surface area (Å²) in [5.41, 5.74) is 5.62. The van der Waals surface area contributed by atoms with Crippen LogP contribution in [0.5, 0.6) is 0 Å². The molecule has 0 saturated carbocycles. The highest BCUT2D eigenvalue weighted by Gasteiger charge is 2.26. The minimum absolute atomic E-state index is 0.0450. The second-order valence-corrected chi connectivity index (χ2v) is 5.91. The maximum atomic E-state index is 12.9. The number of Topliss-reactive ketones (excluding diaryl/α,β-unsaturated/α-hetero) is 1. The van der Waals surface area contributed by atoms with Gasteiger partial charge in [-0.1, -0.05) is 19.9 Å². The van der Waals surface area contributed by atoms with Gasteiger partial charge in [-0.05, 0) is 62.9 Å². The number of hydrogen-bond donors (Lipinski definition) is 1. The normalized spacial score (nSPS) is 12.8. The highest BCUT2D eigenvalue weighted by atomic mass is 16.1. The summed E-state index contributed by atoms with van der Waals surface area (Å²) >= 11 is 0. The van der Waals surface area contributed by atoms with E-state index >= 15 is 0 Å². The Morgan fingerprint density at radius 2 is 1.58 bits per heavy atom. The lowest BCUT2D eigenvalue weighted by atomic mass is 9.82. The Balaban J connectivity index is 3.32. The second kappa shape index (κ2) is 6.33. The molecule has 1 aromatic rings. The largest absolute Gasteiger partial charge is 0.319 e. The zero-order chi connectivity index (χ0) is 14.7. The van der Waals surface area contributed by atoms with Gasteiger partial charge in [0.15, 0.2) is 5.78 Å². The molecule has 1 N–H and O–H groups in total. The lowest BCUT2D eigenvalue weighted by Gasteiger charge is -2.23. The Hall–Kier alpha value is -1.15. The van der Waals surface area contributed by atoms with Crippen molar-refractivity contribution in [3.63, 3.8) is 0 Å². The molecular formula is C17H27NO. The molecule has 0 radical (unpaired) electrons. The molecular weight excluding hydrogens is 234 g/mol. The molecule has 0 aliphatic rings. The number of benzene rings is 1. The van der Waals surface area contributed by atoms with Crippen molar-refractivity contribution in [2.75, 3.05) is 13.6 Å². The summed E-state index contributed by atoms with van der Waals surface area (Å²) in [7, 11) is 1.91. The molecule has 1 aromatic carbocycles. The molecule has 0 aliphatic carbocycles. The molecule has 2 nitrogen and oxygen atoms in total. The first-order chi connectivity index (χ1) is 8.81. The number of rotatable bonds is 5. The summed E-state index contributed by atoms with van der Waals surface area (Å²) in [6.07, 6.45) is 0. The van der Waals surface area contributed by atoms with Gasteiger partial charge in [0.25, 0.3) is 0 Å². The minimum Gasteiger partial charge on any atom is -0.319 e. The van der Waals surface area contributed by atoms with Gasteiger partial charge in [0.1, 0.15) is 0 Å². The Kier molecular flexibility index (Phi) is 5.30. The molecule has 0 bridgehead atoms. The first-order valence-electron chi connectivity index (χ1n) is 7.07. The smallest absolute Gasteiger partial charge is 0.168 e. The Labute approximate surface area is 117 Å². The fraction of sp³-hybridized carbons (Fsp3) is 0.588. The molecule has 1 rings (SSSR count). The van der Waals surface area contributed by atoms with E-state index in [1.807, 2.05) is 7.05 Å². The molecule has 0 heterocycles. The van der Waals surface area contributed by atoms with E-state index in [0.29, 0.717) is 5.92 Å². The van der Waals surface area contributed by atoms with E-state index in [1.54, 1.807) is 0 Å². The van der Waals surface area contributed by atoms with Gasteiger partial charge >= 0.3 is 0 Å². The van der Waals surface area contributed by atoms with Gasteiger partial charge in [-0.25, -0.2) is 0 Å². The van der Waals surface area contributed by atoms with Crippen LogP contribution in [-0.2, 0) is 0 Å². The van der Waals surface area contributed by atoms with Gasteiger partial charge in [0.05, 0.1) is 0 Å². The quantitative estimate of drug-likeness (QED) is 0.821. The van der Waals surface area contributed by atoms with Gasteiger partial charge in [-0.15, -0.1) is 0 Å². The molecule has 1 unspecified atom stereocenters. The van der Waals surface area contributed by atoms with E-state index in [9.17, 15) is 4.79 Å². The number of nitrogens with one attached hydrogen (secondary N) is 1. The lowest BCUT2D eigenvalue weighted by molar-refractivity contribution is 0.0884. The van der Waals surface area contributed by atoms with Gasteiger partial charge in [-0.3, -0.25) is 4.79 Å². The third-order valence-electron chi connectivity index (χ3n) is 4.18. The molecule has 0 aromatic heterocycles. The second-order valence-electron chi connectivity index (χ2n) is 5.91. The van der Waals surface area contributed by atoms with Crippen LogP contribution in [0.4, 0.5) is 0 Å². The van der Waals surface area contributed by atoms with Crippen LogP contribution in [0.1, 0.15) is 46.5 Å². The Morgan fingerprint density at radius 1 is 1.11 bits per heavy atom. The maximum absolute atomic E-state index is 12.9. The van der Waals surface area contributed by atoms with Crippen molar-refractivity contribution >= 4 is 5.78 Å². The van der Waals surface area contributed by atoms with Crippen molar-refractivity contribution in [2.45, 2.75) is 41.5 Å². The van der Waals surface area contributed by atoms with Crippen LogP contribution in [-0.4, -0.2) is 19.4 Å². The number of aryl methyl sites for hydroxylation is 2. The number of hydrogen-bond acceptors (Lipinski definition) is 2. The van der Waals surface area contributed by atoms with Crippen LogP contribution in [0.2, 0.25) is 0 Å². The van der Waals surface area contributed by atoms with Crippen molar-refractivity contribution in [3.05, 3.63) is 33.9 Å². The van der Waals surface area contributed by atoms with Crippen molar-refractivity contribution < 1.29 is 4.79 Å². The van der Waals surface area contributed by atoms with Crippen molar-refractivity contribution in [3.8, 4) is 0 Å². The molecule has 1 atom stereocenters. The van der Waals surface area contributed by atoms with Crippen LogP contribution < -0.4 is 5.32 Å². The Morgan fingerprint density at radius 3 is 1.95 bits per heavy atom. The fourth-order valence-corrected chi connectivity index (χ4v) is 2.62. The number of carbonyl (C=O) groups is 1. The van der Waals surface area contributed by atoms with E-state index in [2.05, 4.69) is 52.9 Å². The summed E-state index contributed by atoms with van der Waals surface area (Å²) < 4.78 is 0. The maximum Gasteiger partial charge on any atom is 0.168 e. The van der Waals surface area contributed by atoms with Crippen molar-refractivity contribution in [1.82, 2.24) is 5.32 Å². The number of ketones is 1. The zero-order valence-corrected chi connectivity index (χ0v) is 13.3. The monoisotopic (exact) mass is 261 g/mol. The predicted molar refractivity (Wildman–Crippen MR) is 82.0 cm³/mol. The van der Waals surface area contributed by atoms with Gasteiger partial charge in [0.2, 0.25) is 0 Å². The Bertz CT molecular complexity index is 448. The van der Waals surface area contributed by atoms with Gasteiger partial charge < -0.3 is 5.32 Å². The van der Waals surface area contributed by atoms with Crippen molar-refractivity contribution in [2.24, 2.45) is 11.8 Å². The van der Waals surface area contributed by atoms with Crippen molar-refractivity contribution in [1.29, 1.82) is 0 Å². The average Bonchev–Trinajstić information content (AvgIpc) is 2.33. The van der Waals surface area contributed by atoms with Gasteiger partial charge in [-0.2, -0.15) is 0 Å². The van der Waals surface area contributed by atoms with E-state index in [-0.39, 0.29) is 11.7 Å². The molecule has 106 valence electrons. The first-order valence-corrected chi connectivity index (χ1v) is 7.07. The van der Waals surface area contributed by atoms with E-state index in [1.165, 1.54) is 11.1 Å². The van der Waals surface area contributed by atoms with Crippen LogP contribution in [0.25, 0.3) is 0 Å².